The van der Waals surface area contributed by atoms with Gasteiger partial charge >= 0.3 is 0 Å². The number of benzene rings is 2. The Morgan fingerprint density at radius 2 is 1.31 bits per heavy atom. The molecule has 0 spiro atoms. The van der Waals surface area contributed by atoms with Gasteiger partial charge in [0.1, 0.15) is 0 Å². The van der Waals surface area contributed by atoms with Gasteiger partial charge in [-0.3, -0.25) is 0 Å². The zero-order chi connectivity index (χ0) is 27.0. The molecule has 2 aromatic carbocycles. The van der Waals surface area contributed by atoms with Crippen molar-refractivity contribution in [3.8, 4) is 0 Å². The van der Waals surface area contributed by atoms with Crippen molar-refractivity contribution in [3.63, 3.8) is 0 Å². The highest BCUT2D eigenvalue weighted by molar-refractivity contribution is 6.99. The summed E-state index contributed by atoms with van der Waals surface area (Å²) in [5.41, 5.74) is 1.44. The molecule has 0 amide bonds. The molecule has 0 aromatic heterocycles. The molecule has 0 saturated heterocycles. The number of hydrogen-bond acceptors (Lipinski definition) is 2. The van der Waals surface area contributed by atoms with Gasteiger partial charge in [-0.2, -0.15) is 0 Å². The first-order valence-electron chi connectivity index (χ1n) is 13.8. The molecule has 0 aliphatic rings. The van der Waals surface area contributed by atoms with Crippen LogP contribution in [0.25, 0.3) is 0 Å². The summed E-state index contributed by atoms with van der Waals surface area (Å²) in [5.74, 6) is 0.517. The van der Waals surface area contributed by atoms with Crippen LogP contribution < -0.4 is 10.4 Å². The van der Waals surface area contributed by atoms with Crippen LogP contribution in [-0.4, -0.2) is 29.8 Å². The van der Waals surface area contributed by atoms with Gasteiger partial charge < -0.3 is 8.85 Å². The monoisotopic (exact) mass is 524 g/mol. The lowest BCUT2D eigenvalue weighted by Crippen LogP contribution is -2.66. The van der Waals surface area contributed by atoms with Crippen LogP contribution in [0, 0.1) is 5.92 Å². The van der Waals surface area contributed by atoms with Crippen LogP contribution in [-0.2, 0) is 8.85 Å². The van der Waals surface area contributed by atoms with E-state index in [0.717, 1.165) is 19.6 Å². The van der Waals surface area contributed by atoms with Gasteiger partial charge in [-0.1, -0.05) is 121 Å². The highest BCUT2D eigenvalue weighted by Gasteiger charge is 2.50. The fourth-order valence-electron chi connectivity index (χ4n) is 4.55. The lowest BCUT2D eigenvalue weighted by molar-refractivity contribution is 0.236. The Bertz CT molecular complexity index is 898. The Kier molecular flexibility index (Phi) is 11.0. The van der Waals surface area contributed by atoms with Gasteiger partial charge in [0.05, 0.1) is 6.61 Å². The summed E-state index contributed by atoms with van der Waals surface area (Å²) in [6, 6.07) is 21.9. The van der Waals surface area contributed by atoms with Gasteiger partial charge in [0.2, 0.25) is 0 Å². The van der Waals surface area contributed by atoms with Gasteiger partial charge in [0.15, 0.2) is 8.32 Å². The van der Waals surface area contributed by atoms with Crippen LogP contribution in [0.5, 0.6) is 0 Å². The summed E-state index contributed by atoms with van der Waals surface area (Å²) in [6.07, 6.45) is 5.79. The molecule has 1 atom stereocenters. The number of allylic oxidation sites excluding steroid dienone is 1. The maximum atomic E-state index is 7.13. The standard InChI is InChI=1S/C32H52O2Si2/c1-27(24-25-33-35(9,10)31(3,4)5)18-17-19-28(2)26-34-36(32(6,7)8,29-20-13-11-14-21-29)30-22-15-12-16-23-30/h11-16,20-24,28H,17-19,25-26H2,1-10H3/b27-24-. The van der Waals surface area contributed by atoms with E-state index in [-0.39, 0.29) is 10.1 Å². The normalized spacial score (nSPS) is 14.7. The zero-order valence-corrected chi connectivity index (χ0v) is 26.8. The second-order valence-electron chi connectivity index (χ2n) is 13.1. The maximum Gasteiger partial charge on any atom is 0.261 e. The summed E-state index contributed by atoms with van der Waals surface area (Å²) in [7, 11) is -4.13. The Labute approximate surface area is 224 Å². The molecule has 0 fully saturated rings. The minimum absolute atomic E-state index is 0.0267. The van der Waals surface area contributed by atoms with Crippen LogP contribution in [0.4, 0.5) is 0 Å². The van der Waals surface area contributed by atoms with Crippen molar-refractivity contribution in [1.29, 1.82) is 0 Å². The molecule has 2 rings (SSSR count). The SMILES string of the molecule is C/C(=C/CO[Si](C)(C)C(C)(C)C)CCCC(C)CO[Si](c1ccccc1)(c1ccccc1)C(C)(C)C. The summed E-state index contributed by atoms with van der Waals surface area (Å²) in [4.78, 5) is 0. The van der Waals surface area contributed by atoms with Crippen molar-refractivity contribution in [3.05, 3.63) is 72.3 Å². The Morgan fingerprint density at radius 3 is 1.75 bits per heavy atom. The van der Waals surface area contributed by atoms with Crippen molar-refractivity contribution >= 4 is 27.0 Å². The van der Waals surface area contributed by atoms with Crippen molar-refractivity contribution in [2.75, 3.05) is 13.2 Å². The molecule has 0 bridgehead atoms. The third-order valence-electron chi connectivity index (χ3n) is 7.95. The van der Waals surface area contributed by atoms with E-state index in [9.17, 15) is 0 Å². The second kappa shape index (κ2) is 12.9. The highest BCUT2D eigenvalue weighted by Crippen LogP contribution is 2.38. The van der Waals surface area contributed by atoms with Gasteiger partial charge in [-0.05, 0) is 65.6 Å². The van der Waals surface area contributed by atoms with Crippen LogP contribution in [0.1, 0.15) is 74.7 Å². The molecule has 0 aliphatic carbocycles. The minimum Gasteiger partial charge on any atom is -0.413 e. The summed E-state index contributed by atoms with van der Waals surface area (Å²) >= 11 is 0. The molecule has 4 heteroatoms. The highest BCUT2D eigenvalue weighted by atomic mass is 28.4. The molecular weight excluding hydrogens is 473 g/mol. The molecule has 0 saturated carbocycles. The van der Waals surface area contributed by atoms with Gasteiger partial charge in [-0.15, -0.1) is 0 Å². The van der Waals surface area contributed by atoms with E-state index in [0.29, 0.717) is 5.92 Å². The van der Waals surface area contributed by atoms with E-state index < -0.39 is 16.6 Å². The van der Waals surface area contributed by atoms with Crippen LogP contribution in [0.15, 0.2) is 72.3 Å². The maximum absolute atomic E-state index is 7.13. The fourth-order valence-corrected chi connectivity index (χ4v) is 10.2. The molecule has 2 nitrogen and oxygen atoms in total. The lowest BCUT2D eigenvalue weighted by Gasteiger charge is -2.43. The van der Waals surface area contributed by atoms with Gasteiger partial charge in [0, 0.05) is 6.61 Å². The molecule has 36 heavy (non-hydrogen) atoms. The van der Waals surface area contributed by atoms with E-state index >= 15 is 0 Å². The van der Waals surface area contributed by atoms with Crippen molar-refractivity contribution in [2.24, 2.45) is 5.92 Å². The average Bonchev–Trinajstić information content (AvgIpc) is 2.79. The predicted molar refractivity (Wildman–Crippen MR) is 163 cm³/mol. The zero-order valence-electron chi connectivity index (χ0n) is 24.8. The Balaban J connectivity index is 2.02. The van der Waals surface area contributed by atoms with Gasteiger partial charge in [0.25, 0.3) is 8.32 Å². The molecule has 0 aliphatic heterocycles. The van der Waals surface area contributed by atoms with E-state index in [1.54, 1.807) is 0 Å². The van der Waals surface area contributed by atoms with Crippen molar-refractivity contribution in [2.45, 2.75) is 97.8 Å². The summed E-state index contributed by atoms with van der Waals surface area (Å²) in [5, 5.41) is 3.00. The number of rotatable bonds is 12. The quantitative estimate of drug-likeness (QED) is 0.205. The molecule has 0 radical (unpaired) electrons. The third kappa shape index (κ3) is 8.01. The van der Waals surface area contributed by atoms with E-state index in [4.69, 9.17) is 8.85 Å². The summed E-state index contributed by atoms with van der Waals surface area (Å²) in [6.45, 7) is 24.7. The first-order valence-corrected chi connectivity index (χ1v) is 18.6. The second-order valence-corrected chi connectivity index (χ2v) is 22.2. The van der Waals surface area contributed by atoms with E-state index in [2.05, 4.69) is 135 Å². The number of hydrogen-bond donors (Lipinski definition) is 0. The smallest absolute Gasteiger partial charge is 0.261 e. The van der Waals surface area contributed by atoms with Gasteiger partial charge in [-0.25, -0.2) is 0 Å². The first-order chi connectivity index (χ1) is 16.7. The topological polar surface area (TPSA) is 18.5 Å². The van der Waals surface area contributed by atoms with Crippen molar-refractivity contribution < 1.29 is 8.85 Å². The lowest BCUT2D eigenvalue weighted by atomic mass is 10.0. The van der Waals surface area contributed by atoms with E-state index in [1.165, 1.54) is 28.8 Å². The molecule has 200 valence electrons. The molecule has 0 N–H and O–H groups in total. The third-order valence-corrected chi connectivity index (χ3v) is 17.5. The summed E-state index contributed by atoms with van der Waals surface area (Å²) < 4.78 is 13.5. The average molecular weight is 525 g/mol. The fraction of sp³-hybridized carbons (Fsp3) is 0.562. The minimum atomic E-state index is -2.45. The Morgan fingerprint density at radius 1 is 0.806 bits per heavy atom. The van der Waals surface area contributed by atoms with E-state index in [1.807, 2.05) is 0 Å². The van der Waals surface area contributed by atoms with Crippen LogP contribution in [0.3, 0.4) is 0 Å². The molecule has 0 heterocycles. The largest absolute Gasteiger partial charge is 0.413 e. The van der Waals surface area contributed by atoms with Crippen molar-refractivity contribution in [1.82, 2.24) is 0 Å². The molecule has 1 unspecified atom stereocenters. The van der Waals surface area contributed by atoms with Crippen LogP contribution >= 0.6 is 0 Å². The molecular formula is C32H52O2Si2. The predicted octanol–water partition coefficient (Wildman–Crippen LogP) is 8.34. The van der Waals surface area contributed by atoms with Crippen LogP contribution in [0.2, 0.25) is 23.2 Å². The Hall–Kier alpha value is -1.47. The first kappa shape index (κ1) is 30.8. The molecule has 2 aromatic rings.